The van der Waals surface area contributed by atoms with E-state index >= 15 is 0 Å². The number of benzene rings is 1. The molecule has 1 aliphatic heterocycles. The Bertz CT molecular complexity index is 1590. The van der Waals surface area contributed by atoms with Crippen molar-refractivity contribution in [2.75, 3.05) is 39.0 Å². The van der Waals surface area contributed by atoms with E-state index in [-0.39, 0.29) is 40.4 Å². The van der Waals surface area contributed by atoms with Crippen molar-refractivity contribution >= 4 is 34.7 Å². The molecule has 3 N–H and O–H groups in total. The molecule has 0 radical (unpaired) electrons. The molecule has 1 fully saturated rings. The summed E-state index contributed by atoms with van der Waals surface area (Å²) in [4.78, 5) is 37.1. The number of anilines is 1. The standard InChI is InChI=1S/C29H27F3N6O3/c1-37-8-10-38(11-9-37)28(40)19-4-5-24(34-16-19)20-12-21-13-22(41-27(21)23(14-20)29(30,31)32)17-36-26(39)7-3-18-2-6-25(33)35-15-18/h2-7,12-16H,8-11,17H2,1H3,(H2,33,35)(H,36,39)/b7-3+. The van der Waals surface area contributed by atoms with Gasteiger partial charge in [-0.1, -0.05) is 0 Å². The predicted molar refractivity (Wildman–Crippen MR) is 147 cm³/mol. The normalized spacial score (nSPS) is 14.6. The third kappa shape index (κ3) is 6.55. The van der Waals surface area contributed by atoms with E-state index in [1.807, 2.05) is 7.05 Å². The van der Waals surface area contributed by atoms with Crippen LogP contribution in [0.1, 0.15) is 27.2 Å². The van der Waals surface area contributed by atoms with Crippen molar-refractivity contribution in [3.8, 4) is 11.3 Å². The second-order valence-corrected chi connectivity index (χ2v) is 9.75. The summed E-state index contributed by atoms with van der Waals surface area (Å²) >= 11 is 0. The van der Waals surface area contributed by atoms with Gasteiger partial charge in [-0.05, 0) is 61.2 Å². The average molecular weight is 565 g/mol. The monoisotopic (exact) mass is 564 g/mol. The van der Waals surface area contributed by atoms with Crippen LogP contribution in [-0.4, -0.2) is 64.8 Å². The number of nitrogens with one attached hydrogen (secondary N) is 1. The van der Waals surface area contributed by atoms with Gasteiger partial charge in [0.1, 0.15) is 17.2 Å². The third-order valence-corrected chi connectivity index (χ3v) is 6.74. The fourth-order valence-corrected chi connectivity index (χ4v) is 4.46. The molecule has 0 bridgehead atoms. The molecule has 3 aromatic heterocycles. The lowest BCUT2D eigenvalue weighted by atomic mass is 10.0. The minimum absolute atomic E-state index is 0.119. The Labute approximate surface area is 233 Å². The zero-order valence-corrected chi connectivity index (χ0v) is 22.1. The first-order valence-corrected chi connectivity index (χ1v) is 12.8. The molecular weight excluding hydrogens is 537 g/mol. The van der Waals surface area contributed by atoms with Crippen LogP contribution in [0.25, 0.3) is 28.3 Å². The highest BCUT2D eigenvalue weighted by Gasteiger charge is 2.35. The summed E-state index contributed by atoms with van der Waals surface area (Å²) in [7, 11) is 1.99. The average Bonchev–Trinajstić information content (AvgIpc) is 3.38. The molecule has 5 rings (SSSR count). The van der Waals surface area contributed by atoms with Gasteiger partial charge in [-0.3, -0.25) is 14.6 Å². The molecule has 0 spiro atoms. The van der Waals surface area contributed by atoms with Gasteiger partial charge in [-0.2, -0.15) is 13.2 Å². The quantitative estimate of drug-likeness (QED) is 0.337. The number of piperazine rings is 1. The number of hydrogen-bond acceptors (Lipinski definition) is 7. The van der Waals surface area contributed by atoms with Crippen LogP contribution in [0.5, 0.6) is 0 Å². The molecule has 1 saturated heterocycles. The summed E-state index contributed by atoms with van der Waals surface area (Å²) < 4.78 is 47.5. The van der Waals surface area contributed by atoms with E-state index in [1.165, 1.54) is 42.7 Å². The second-order valence-electron chi connectivity index (χ2n) is 9.75. The van der Waals surface area contributed by atoms with E-state index in [4.69, 9.17) is 10.2 Å². The lowest BCUT2D eigenvalue weighted by molar-refractivity contribution is -0.136. The zero-order chi connectivity index (χ0) is 29.1. The smallest absolute Gasteiger partial charge is 0.420 e. The Balaban J connectivity index is 1.34. The van der Waals surface area contributed by atoms with Gasteiger partial charge in [0.25, 0.3) is 5.91 Å². The highest BCUT2D eigenvalue weighted by molar-refractivity contribution is 5.94. The molecule has 4 aromatic rings. The predicted octanol–water partition coefficient (Wildman–Crippen LogP) is 4.21. The number of halogens is 3. The molecule has 0 unspecified atom stereocenters. The van der Waals surface area contributed by atoms with Crippen LogP contribution in [0, 0.1) is 0 Å². The number of amides is 2. The summed E-state index contributed by atoms with van der Waals surface area (Å²) in [6, 6.07) is 10.4. The second kappa shape index (κ2) is 11.4. The Kier molecular flexibility index (Phi) is 7.75. The summed E-state index contributed by atoms with van der Waals surface area (Å²) in [5, 5.41) is 2.81. The maximum atomic E-state index is 14.0. The molecule has 4 heterocycles. The first-order chi connectivity index (χ1) is 19.6. The van der Waals surface area contributed by atoms with Gasteiger partial charge >= 0.3 is 6.18 Å². The number of carbonyl (C=O) groups excluding carboxylic acids is 2. The van der Waals surface area contributed by atoms with Crippen LogP contribution in [0.3, 0.4) is 0 Å². The number of aromatic nitrogens is 2. The molecule has 1 aromatic carbocycles. The number of hydrogen-bond donors (Lipinski definition) is 2. The number of carbonyl (C=O) groups is 2. The molecule has 9 nitrogen and oxygen atoms in total. The van der Waals surface area contributed by atoms with E-state index in [0.29, 0.717) is 30.0 Å². The number of alkyl halides is 3. The number of nitrogens with zero attached hydrogens (tertiary/aromatic N) is 4. The van der Waals surface area contributed by atoms with E-state index in [2.05, 4.69) is 20.2 Å². The van der Waals surface area contributed by atoms with Crippen molar-refractivity contribution in [1.82, 2.24) is 25.1 Å². The lowest BCUT2D eigenvalue weighted by Crippen LogP contribution is -2.47. The van der Waals surface area contributed by atoms with Gasteiger partial charge < -0.3 is 25.3 Å². The fourth-order valence-electron chi connectivity index (χ4n) is 4.46. The number of furan rings is 1. The topological polar surface area (TPSA) is 118 Å². The molecule has 0 aliphatic carbocycles. The number of nitrogen functional groups attached to an aromatic ring is 1. The number of rotatable bonds is 6. The van der Waals surface area contributed by atoms with Gasteiger partial charge in [0, 0.05) is 55.6 Å². The van der Waals surface area contributed by atoms with Crippen molar-refractivity contribution < 1.29 is 27.2 Å². The first kappa shape index (κ1) is 27.8. The number of nitrogens with two attached hydrogens (primary N) is 1. The summed E-state index contributed by atoms with van der Waals surface area (Å²) in [5.74, 6) is -0.124. The first-order valence-electron chi connectivity index (χ1n) is 12.8. The van der Waals surface area contributed by atoms with Crippen LogP contribution >= 0.6 is 0 Å². The molecule has 2 amide bonds. The molecule has 12 heteroatoms. The van der Waals surface area contributed by atoms with E-state index in [1.54, 1.807) is 23.1 Å². The number of pyridine rings is 2. The van der Waals surface area contributed by atoms with Gasteiger partial charge in [-0.25, -0.2) is 4.98 Å². The Morgan fingerprint density at radius 1 is 1.05 bits per heavy atom. The van der Waals surface area contributed by atoms with Crippen LogP contribution in [0.4, 0.5) is 19.0 Å². The number of fused-ring (bicyclic) bond motifs is 1. The fraction of sp³-hybridized carbons (Fsp3) is 0.241. The Morgan fingerprint density at radius 3 is 2.49 bits per heavy atom. The maximum Gasteiger partial charge on any atom is 0.420 e. The summed E-state index contributed by atoms with van der Waals surface area (Å²) in [6.45, 7) is 2.62. The molecular formula is C29H27F3N6O3. The minimum atomic E-state index is -4.69. The lowest BCUT2D eigenvalue weighted by Gasteiger charge is -2.32. The molecule has 41 heavy (non-hydrogen) atoms. The van der Waals surface area contributed by atoms with Crippen LogP contribution < -0.4 is 11.1 Å². The maximum absolute atomic E-state index is 14.0. The highest BCUT2D eigenvalue weighted by atomic mass is 19.4. The van der Waals surface area contributed by atoms with Gasteiger partial charge in [0.2, 0.25) is 5.91 Å². The Morgan fingerprint density at radius 2 is 1.83 bits per heavy atom. The van der Waals surface area contributed by atoms with Crippen molar-refractivity contribution in [3.63, 3.8) is 0 Å². The van der Waals surface area contributed by atoms with E-state index < -0.39 is 17.6 Å². The Hall–Kier alpha value is -4.71. The molecule has 0 atom stereocenters. The number of likely N-dealkylation sites (N-methyl/N-ethyl adjacent to an activating group) is 1. The van der Waals surface area contributed by atoms with Gasteiger partial charge in [0.05, 0.1) is 23.4 Å². The van der Waals surface area contributed by atoms with E-state index in [9.17, 15) is 22.8 Å². The minimum Gasteiger partial charge on any atom is -0.459 e. The largest absolute Gasteiger partial charge is 0.459 e. The van der Waals surface area contributed by atoms with Crippen LogP contribution in [0.2, 0.25) is 0 Å². The highest BCUT2D eigenvalue weighted by Crippen LogP contribution is 2.39. The van der Waals surface area contributed by atoms with Gasteiger partial charge in [-0.15, -0.1) is 0 Å². The van der Waals surface area contributed by atoms with Crippen LogP contribution in [-0.2, 0) is 17.5 Å². The van der Waals surface area contributed by atoms with Gasteiger partial charge in [0.15, 0.2) is 0 Å². The van der Waals surface area contributed by atoms with Crippen molar-refractivity contribution in [1.29, 1.82) is 0 Å². The summed E-state index contributed by atoms with van der Waals surface area (Å²) in [5.41, 5.74) is 5.78. The molecule has 212 valence electrons. The molecule has 0 saturated carbocycles. The van der Waals surface area contributed by atoms with Crippen molar-refractivity contribution in [3.05, 3.63) is 83.4 Å². The van der Waals surface area contributed by atoms with Crippen LogP contribution in [0.15, 0.2) is 65.4 Å². The SMILES string of the molecule is CN1CCN(C(=O)c2ccc(-c3cc(C(F)(F)F)c4oc(CNC(=O)/C=C/c5ccc(N)nc5)cc4c3)nc2)CC1. The van der Waals surface area contributed by atoms with E-state index in [0.717, 1.165) is 19.2 Å². The third-order valence-electron chi connectivity index (χ3n) is 6.74. The summed E-state index contributed by atoms with van der Waals surface area (Å²) in [6.07, 6.45) is 1.00. The molecule has 1 aliphatic rings. The van der Waals surface area contributed by atoms with Crippen molar-refractivity contribution in [2.24, 2.45) is 0 Å². The van der Waals surface area contributed by atoms with Crippen molar-refractivity contribution in [2.45, 2.75) is 12.7 Å². The zero-order valence-electron chi connectivity index (χ0n) is 22.1.